The number of benzene rings is 3. The second-order valence-electron chi connectivity index (χ2n) is 18.6. The second-order valence-corrected chi connectivity index (χ2v) is 18.6. The first-order chi connectivity index (χ1) is 32.1. The normalized spacial score (nSPS) is 18.0. The van der Waals surface area contributed by atoms with Crippen LogP contribution in [0.1, 0.15) is 105 Å². The van der Waals surface area contributed by atoms with Gasteiger partial charge in [-0.3, -0.25) is 34.2 Å². The average Bonchev–Trinajstić information content (AvgIpc) is 3.67. The fourth-order valence-electron chi connectivity index (χ4n) is 10.2. The highest BCUT2D eigenvalue weighted by molar-refractivity contribution is 6.04. The number of rotatable bonds is 19. The number of piperazine rings is 2. The van der Waals surface area contributed by atoms with E-state index in [0.717, 1.165) is 121 Å². The highest BCUT2D eigenvalue weighted by atomic mass is 19.1. The number of fused-ring (bicyclic) bond motifs is 2. The third-order valence-corrected chi connectivity index (χ3v) is 14.2. The molecule has 5 aromatic rings. The van der Waals surface area contributed by atoms with E-state index in [0.29, 0.717) is 18.5 Å². The van der Waals surface area contributed by atoms with E-state index in [-0.39, 0.29) is 30.3 Å². The molecule has 8 rings (SSSR count). The lowest BCUT2D eigenvalue weighted by molar-refractivity contribution is -0.134. The summed E-state index contributed by atoms with van der Waals surface area (Å²) in [7, 11) is 1.84. The number of nitrogens with zero attached hydrogens (tertiary/aromatic N) is 8. The molecule has 2 atom stereocenters. The first-order valence-corrected chi connectivity index (χ1v) is 24.3. The van der Waals surface area contributed by atoms with Crippen molar-refractivity contribution in [3.63, 3.8) is 0 Å². The predicted molar refractivity (Wildman–Crippen MR) is 261 cm³/mol. The van der Waals surface area contributed by atoms with Crippen LogP contribution in [0.4, 0.5) is 21.6 Å². The highest BCUT2D eigenvalue weighted by Gasteiger charge is 2.32. The van der Waals surface area contributed by atoms with E-state index >= 15 is 0 Å². The average molecular weight is 902 g/mol. The van der Waals surface area contributed by atoms with Crippen LogP contribution in [0.3, 0.4) is 0 Å². The Morgan fingerprint density at radius 2 is 1.50 bits per heavy atom. The van der Waals surface area contributed by atoms with Gasteiger partial charge in [-0.1, -0.05) is 68.5 Å². The van der Waals surface area contributed by atoms with E-state index in [1.165, 1.54) is 50.6 Å². The zero-order chi connectivity index (χ0) is 46.2. The summed E-state index contributed by atoms with van der Waals surface area (Å²) in [5.41, 5.74) is 7.20. The van der Waals surface area contributed by atoms with E-state index in [1.807, 2.05) is 56.1 Å². The third kappa shape index (κ3) is 10.9. The number of carbonyl (C=O) groups is 3. The first-order valence-electron chi connectivity index (χ1n) is 24.3. The molecule has 3 aliphatic heterocycles. The van der Waals surface area contributed by atoms with Gasteiger partial charge in [0.05, 0.1) is 41.1 Å². The van der Waals surface area contributed by atoms with E-state index in [2.05, 4.69) is 77.1 Å². The van der Waals surface area contributed by atoms with Gasteiger partial charge in [-0.05, 0) is 88.0 Å². The number of aryl methyl sites for hydroxylation is 2. The lowest BCUT2D eigenvalue weighted by Crippen LogP contribution is -2.50. The van der Waals surface area contributed by atoms with Crippen LogP contribution < -0.4 is 20.9 Å². The Hall–Kier alpha value is -5.67. The lowest BCUT2D eigenvalue weighted by Gasteiger charge is -2.36. The summed E-state index contributed by atoms with van der Waals surface area (Å²) < 4.78 is 15.3. The summed E-state index contributed by atoms with van der Waals surface area (Å²) in [6.07, 6.45) is 9.58. The lowest BCUT2D eigenvalue weighted by atomic mass is 9.92. The Bertz CT molecular complexity index is 2490. The smallest absolute Gasteiger partial charge is 0.241 e. The summed E-state index contributed by atoms with van der Waals surface area (Å²) in [5.74, 6) is -0.182. The van der Waals surface area contributed by atoms with Crippen molar-refractivity contribution in [1.29, 1.82) is 0 Å². The van der Waals surface area contributed by atoms with Gasteiger partial charge in [0.1, 0.15) is 6.67 Å². The zero-order valence-electron chi connectivity index (χ0n) is 39.4. The molecule has 15 heteroatoms. The van der Waals surface area contributed by atoms with E-state index in [1.54, 1.807) is 4.68 Å². The van der Waals surface area contributed by atoms with Crippen LogP contribution in [-0.4, -0.2) is 124 Å². The van der Waals surface area contributed by atoms with E-state index in [9.17, 15) is 18.8 Å². The monoisotopic (exact) mass is 902 g/mol. The SMILES string of the molecule is Cc1c(CF)cccc1[C@@H](C)Nc1nnc(C)c2ccc(N3CCN(CCCCCCCCCN4CCN(C(=O)CNc5cccc6c(C7CCC(=O)NC7=O)nn(C)c56)CC4)CC3)cc12. The van der Waals surface area contributed by atoms with Crippen molar-refractivity contribution in [1.82, 2.24) is 40.0 Å². The largest absolute Gasteiger partial charge is 0.374 e. The van der Waals surface area contributed by atoms with Crippen molar-refractivity contribution in [3.05, 3.63) is 82.7 Å². The van der Waals surface area contributed by atoms with Crippen molar-refractivity contribution in [2.24, 2.45) is 7.05 Å². The Labute approximate surface area is 388 Å². The second kappa shape index (κ2) is 21.8. The number of imide groups is 1. The molecule has 3 aromatic carbocycles. The number of amides is 3. The zero-order valence-corrected chi connectivity index (χ0v) is 39.4. The molecule has 0 aliphatic carbocycles. The maximum atomic E-state index is 13.6. The fourth-order valence-corrected chi connectivity index (χ4v) is 10.2. The first kappa shape index (κ1) is 46.8. The Morgan fingerprint density at radius 3 is 2.20 bits per heavy atom. The predicted octanol–water partition coefficient (Wildman–Crippen LogP) is 7.41. The van der Waals surface area contributed by atoms with Crippen LogP contribution in [0.15, 0.2) is 54.6 Å². The molecule has 0 saturated carbocycles. The number of piperidine rings is 1. The molecular weight excluding hydrogens is 834 g/mol. The highest BCUT2D eigenvalue weighted by Crippen LogP contribution is 2.34. The number of hydrogen-bond acceptors (Lipinski definition) is 11. The molecule has 3 N–H and O–H groups in total. The van der Waals surface area contributed by atoms with Crippen molar-refractivity contribution < 1.29 is 18.8 Å². The Kier molecular flexibility index (Phi) is 15.4. The topological polar surface area (TPSA) is 144 Å². The number of halogens is 1. The molecule has 0 radical (unpaired) electrons. The molecular formula is C51H68FN11O3. The molecule has 3 amide bonds. The van der Waals surface area contributed by atoms with Gasteiger partial charge < -0.3 is 20.4 Å². The fraction of sp³-hybridized carbons (Fsp3) is 0.529. The molecule has 0 spiro atoms. The summed E-state index contributed by atoms with van der Waals surface area (Å²) in [4.78, 5) is 47.1. The summed E-state index contributed by atoms with van der Waals surface area (Å²) in [6, 6.07) is 18.2. The molecule has 2 aromatic heterocycles. The van der Waals surface area contributed by atoms with Crippen LogP contribution in [0.5, 0.6) is 0 Å². The quantitative estimate of drug-likeness (QED) is 0.0564. The number of carbonyl (C=O) groups excluding carboxylic acids is 3. The van der Waals surface area contributed by atoms with Gasteiger partial charge in [0.2, 0.25) is 17.7 Å². The van der Waals surface area contributed by atoms with Crippen molar-refractivity contribution >= 4 is 56.6 Å². The number of anilines is 3. The molecule has 3 fully saturated rings. The molecule has 1 unspecified atom stereocenters. The van der Waals surface area contributed by atoms with Crippen LogP contribution in [0.25, 0.3) is 21.7 Å². The summed E-state index contributed by atoms with van der Waals surface area (Å²) in [6.45, 7) is 15.5. The summed E-state index contributed by atoms with van der Waals surface area (Å²) in [5, 5.41) is 26.1. The molecule has 66 heavy (non-hydrogen) atoms. The van der Waals surface area contributed by atoms with Crippen molar-refractivity contribution in [3.8, 4) is 0 Å². The number of aromatic nitrogens is 4. The van der Waals surface area contributed by atoms with Crippen LogP contribution in [-0.2, 0) is 28.1 Å². The molecule has 3 aliphatic rings. The van der Waals surface area contributed by atoms with E-state index < -0.39 is 12.6 Å². The van der Waals surface area contributed by atoms with Gasteiger partial charge >= 0.3 is 0 Å². The van der Waals surface area contributed by atoms with Gasteiger partial charge in [0, 0.05) is 87.7 Å². The number of hydrogen-bond donors (Lipinski definition) is 3. The summed E-state index contributed by atoms with van der Waals surface area (Å²) >= 11 is 0. The van der Waals surface area contributed by atoms with E-state index in [4.69, 9.17) is 0 Å². The van der Waals surface area contributed by atoms with Gasteiger partial charge in [-0.2, -0.15) is 10.2 Å². The standard InChI is InChI=1S/C51H68FN11O3/c1-35-38(33-52)14-12-15-40(35)36(2)54-50-44-32-39(18-19-41(44)37(3)56-57-50)62-28-24-60(25-29-62)22-10-8-6-5-7-9-11-23-61-26-30-63(31-27-61)47(65)34-53-45-17-13-16-42-48(58-59(4)49(42)45)43-20-21-46(64)55-51(43)66/h12-19,32,36,43,53H,5-11,20-31,33-34H2,1-4H3,(H,54,57)(H,55,64,66)/t36-,43?/m1/s1. The molecule has 14 nitrogen and oxygen atoms in total. The van der Waals surface area contributed by atoms with Gasteiger partial charge in [0.25, 0.3) is 0 Å². The molecule has 5 heterocycles. The maximum absolute atomic E-state index is 13.6. The maximum Gasteiger partial charge on any atom is 0.241 e. The Morgan fingerprint density at radius 1 is 0.818 bits per heavy atom. The minimum atomic E-state index is -0.471. The minimum Gasteiger partial charge on any atom is -0.374 e. The van der Waals surface area contributed by atoms with Crippen LogP contribution in [0.2, 0.25) is 0 Å². The molecule has 352 valence electrons. The molecule has 3 saturated heterocycles. The van der Waals surface area contributed by atoms with Crippen molar-refractivity contribution in [2.75, 3.05) is 87.5 Å². The van der Waals surface area contributed by atoms with Crippen LogP contribution >= 0.6 is 0 Å². The number of alkyl halides is 1. The van der Waals surface area contributed by atoms with Gasteiger partial charge in [-0.15, -0.1) is 5.10 Å². The Balaban J connectivity index is 0.684. The number of unbranched alkanes of at least 4 members (excludes halogenated alkanes) is 6. The van der Waals surface area contributed by atoms with Crippen molar-refractivity contribution in [2.45, 2.75) is 97.2 Å². The third-order valence-electron chi connectivity index (χ3n) is 14.2. The van der Waals surface area contributed by atoms with Crippen LogP contribution in [0, 0.1) is 13.8 Å². The minimum absolute atomic E-state index is 0.0473. The van der Waals surface area contributed by atoms with Gasteiger partial charge in [0.15, 0.2) is 5.82 Å². The molecule has 0 bridgehead atoms. The number of nitrogens with one attached hydrogen (secondary N) is 3. The van der Waals surface area contributed by atoms with Gasteiger partial charge in [-0.25, -0.2) is 4.39 Å². The number of para-hydroxylation sites is 1.